The number of pyridine rings is 1. The van der Waals surface area contributed by atoms with Gasteiger partial charge in [0.25, 0.3) is 0 Å². The van der Waals surface area contributed by atoms with Gasteiger partial charge in [-0.25, -0.2) is 4.39 Å². The van der Waals surface area contributed by atoms with E-state index in [0.717, 1.165) is 42.1 Å². The summed E-state index contributed by atoms with van der Waals surface area (Å²) in [5.74, 6) is 0.889. The van der Waals surface area contributed by atoms with Crippen molar-refractivity contribution in [2.45, 2.75) is 45.6 Å². The Morgan fingerprint density at radius 3 is 2.75 bits per heavy atom. The Balaban J connectivity index is 1.68. The van der Waals surface area contributed by atoms with Gasteiger partial charge in [0, 0.05) is 49.5 Å². The average Bonchev–Trinajstić information content (AvgIpc) is 3.18. The molecule has 2 aliphatic heterocycles. The quantitative estimate of drug-likeness (QED) is 0.794. The highest BCUT2D eigenvalue weighted by molar-refractivity contribution is 5.86. The molecular weight excluding hydrogens is 359 g/mol. The lowest BCUT2D eigenvalue weighted by Crippen LogP contribution is -2.34. The molecule has 4 atom stereocenters. The van der Waals surface area contributed by atoms with E-state index >= 15 is 0 Å². The average molecular weight is 386 g/mol. The summed E-state index contributed by atoms with van der Waals surface area (Å²) in [6.45, 7) is 7.30. The van der Waals surface area contributed by atoms with Crippen LogP contribution in [0.3, 0.4) is 0 Å². The van der Waals surface area contributed by atoms with Crippen molar-refractivity contribution in [3.05, 3.63) is 46.9 Å². The minimum absolute atomic E-state index is 0.0400. The third-order valence-corrected chi connectivity index (χ3v) is 6.11. The molecular formula is C21H27FN4O2. The van der Waals surface area contributed by atoms with Gasteiger partial charge in [0.1, 0.15) is 11.6 Å². The lowest BCUT2D eigenvalue weighted by molar-refractivity contribution is -0.0208. The fourth-order valence-electron chi connectivity index (χ4n) is 4.86. The van der Waals surface area contributed by atoms with Crippen LogP contribution in [-0.2, 0) is 4.74 Å². The number of hydrogen-bond acceptors (Lipinski definition) is 6. The van der Waals surface area contributed by atoms with Crippen molar-refractivity contribution in [2.24, 2.45) is 16.9 Å². The third kappa shape index (κ3) is 3.43. The van der Waals surface area contributed by atoms with Gasteiger partial charge in [-0.2, -0.15) is 5.10 Å². The Bertz CT molecular complexity index is 862. The molecule has 0 amide bonds. The van der Waals surface area contributed by atoms with E-state index in [2.05, 4.69) is 15.2 Å². The van der Waals surface area contributed by atoms with Gasteiger partial charge in [-0.15, -0.1) is 0 Å². The van der Waals surface area contributed by atoms with Crippen molar-refractivity contribution in [1.82, 2.24) is 15.1 Å². The second-order valence-electron chi connectivity index (χ2n) is 7.97. The van der Waals surface area contributed by atoms with Crippen LogP contribution in [-0.4, -0.2) is 41.1 Å². The largest absolute Gasteiger partial charge is 0.373 e. The Kier molecular flexibility index (Phi) is 5.19. The lowest BCUT2D eigenvalue weighted by Gasteiger charge is -2.37. The first-order valence-electron chi connectivity index (χ1n) is 9.86. The van der Waals surface area contributed by atoms with Crippen LogP contribution in [0.4, 0.5) is 4.39 Å². The summed E-state index contributed by atoms with van der Waals surface area (Å²) in [7, 11) is 1.96. The van der Waals surface area contributed by atoms with E-state index in [1.165, 1.54) is 6.07 Å². The van der Waals surface area contributed by atoms with Crippen molar-refractivity contribution in [1.29, 1.82) is 0 Å². The van der Waals surface area contributed by atoms with Crippen molar-refractivity contribution in [3.8, 4) is 0 Å². The molecule has 28 heavy (non-hydrogen) atoms. The maximum absolute atomic E-state index is 14.8. The van der Waals surface area contributed by atoms with E-state index in [0.29, 0.717) is 12.3 Å². The predicted molar refractivity (Wildman–Crippen MR) is 104 cm³/mol. The minimum Gasteiger partial charge on any atom is -0.373 e. The van der Waals surface area contributed by atoms with Gasteiger partial charge in [-0.3, -0.25) is 9.99 Å². The molecule has 4 rings (SSSR count). The number of ether oxygens (including phenoxy) is 1. The first-order chi connectivity index (χ1) is 13.5. The number of aryl methyl sites for hydroxylation is 2. The Morgan fingerprint density at radius 2 is 2.11 bits per heavy atom. The summed E-state index contributed by atoms with van der Waals surface area (Å²) in [4.78, 5) is 4.46. The highest BCUT2D eigenvalue weighted by atomic mass is 19.1. The third-order valence-electron chi connectivity index (χ3n) is 6.11. The lowest BCUT2D eigenvalue weighted by atomic mass is 9.72. The molecule has 4 heterocycles. The van der Waals surface area contributed by atoms with E-state index in [1.807, 2.05) is 32.8 Å². The van der Waals surface area contributed by atoms with Gasteiger partial charge < -0.3 is 9.26 Å². The fraction of sp³-hybridized carbons (Fsp3) is 0.571. The van der Waals surface area contributed by atoms with Crippen molar-refractivity contribution in [3.63, 3.8) is 0 Å². The minimum atomic E-state index is -0.241. The van der Waals surface area contributed by atoms with Gasteiger partial charge in [-0.05, 0) is 51.7 Å². The summed E-state index contributed by atoms with van der Waals surface area (Å²) in [5.41, 5.74) is 3.47. The molecule has 0 spiro atoms. The van der Waals surface area contributed by atoms with Crippen LogP contribution in [0, 0.1) is 31.5 Å². The number of halogens is 1. The van der Waals surface area contributed by atoms with Gasteiger partial charge in [0.2, 0.25) is 0 Å². The zero-order chi connectivity index (χ0) is 19.8. The molecule has 0 radical (unpaired) electrons. The summed E-state index contributed by atoms with van der Waals surface area (Å²) in [6, 6.07) is 3.15. The van der Waals surface area contributed by atoms with Crippen LogP contribution in [0.15, 0.2) is 28.0 Å². The highest BCUT2D eigenvalue weighted by Gasteiger charge is 2.41. The molecule has 3 unspecified atom stereocenters. The van der Waals surface area contributed by atoms with Crippen molar-refractivity contribution >= 4 is 5.71 Å². The van der Waals surface area contributed by atoms with E-state index < -0.39 is 0 Å². The monoisotopic (exact) mass is 386 g/mol. The molecule has 2 aromatic heterocycles. The first kappa shape index (κ1) is 19.1. The normalized spacial score (nSPS) is 26.4. The molecule has 150 valence electrons. The molecule has 0 aromatic carbocycles. The van der Waals surface area contributed by atoms with Crippen LogP contribution < -0.4 is 0 Å². The Labute approximate surface area is 164 Å². The van der Waals surface area contributed by atoms with Gasteiger partial charge in [-0.1, -0.05) is 5.16 Å². The summed E-state index contributed by atoms with van der Waals surface area (Å²) >= 11 is 0. The van der Waals surface area contributed by atoms with Crippen LogP contribution in [0.25, 0.3) is 0 Å². The van der Waals surface area contributed by atoms with E-state index in [4.69, 9.17) is 9.26 Å². The van der Waals surface area contributed by atoms with E-state index in [-0.39, 0.29) is 29.7 Å². The van der Waals surface area contributed by atoms with Crippen molar-refractivity contribution < 1.29 is 13.7 Å². The van der Waals surface area contributed by atoms with Gasteiger partial charge >= 0.3 is 0 Å². The Morgan fingerprint density at radius 1 is 1.29 bits per heavy atom. The molecule has 2 aliphatic rings. The van der Waals surface area contributed by atoms with Crippen LogP contribution in [0.1, 0.15) is 54.5 Å². The summed E-state index contributed by atoms with van der Waals surface area (Å²) < 4.78 is 26.2. The van der Waals surface area contributed by atoms with Crippen LogP contribution in [0.2, 0.25) is 0 Å². The number of hydrazone groups is 1. The van der Waals surface area contributed by atoms with Crippen LogP contribution in [0.5, 0.6) is 0 Å². The molecule has 6 nitrogen and oxygen atoms in total. The molecule has 0 bridgehead atoms. The molecule has 1 fully saturated rings. The van der Waals surface area contributed by atoms with Crippen LogP contribution >= 0.6 is 0 Å². The molecule has 7 heteroatoms. The molecule has 0 aliphatic carbocycles. The summed E-state index contributed by atoms with van der Waals surface area (Å²) in [5, 5.41) is 10.6. The Hall–Kier alpha value is -2.28. The standard InChI is InChI=1S/C21H27FN4O2/c1-12-16(11-26(4)24-12)20(21-17(22)6-5-8-23-21)15-7-9-27-18(10-15)19-13(2)25-28-14(19)3/h5-6,8,15-16,18,20H,7,9-11H2,1-4H3/t15?,16-,18?,20?/m1/s1. The first-order valence-corrected chi connectivity index (χ1v) is 9.86. The maximum atomic E-state index is 14.8. The molecule has 2 aromatic rings. The molecule has 0 N–H and O–H groups in total. The summed E-state index contributed by atoms with van der Waals surface area (Å²) in [6.07, 6.45) is 3.25. The zero-order valence-electron chi connectivity index (χ0n) is 16.9. The van der Waals surface area contributed by atoms with Gasteiger partial charge in [0.15, 0.2) is 0 Å². The second kappa shape index (κ2) is 7.62. The highest BCUT2D eigenvalue weighted by Crippen LogP contribution is 2.45. The smallest absolute Gasteiger partial charge is 0.145 e. The van der Waals surface area contributed by atoms with Crippen molar-refractivity contribution in [2.75, 3.05) is 20.2 Å². The fourth-order valence-corrected chi connectivity index (χ4v) is 4.86. The number of rotatable bonds is 4. The maximum Gasteiger partial charge on any atom is 0.145 e. The zero-order valence-corrected chi connectivity index (χ0v) is 16.9. The number of aromatic nitrogens is 2. The topological polar surface area (TPSA) is 63.8 Å². The van der Waals surface area contributed by atoms with E-state index in [1.54, 1.807) is 12.3 Å². The predicted octanol–water partition coefficient (Wildman–Crippen LogP) is 4.01. The number of nitrogens with zero attached hydrogens (tertiary/aromatic N) is 4. The molecule has 1 saturated heterocycles. The second-order valence-corrected chi connectivity index (χ2v) is 7.97. The van der Waals surface area contributed by atoms with Gasteiger partial charge in [0.05, 0.1) is 17.5 Å². The number of hydrogen-bond donors (Lipinski definition) is 0. The SMILES string of the molecule is CC1=NN(C)C[C@H]1C(c1ncccc1F)C1CCOC(c2c(C)noc2C)C1. The van der Waals surface area contributed by atoms with E-state index in [9.17, 15) is 4.39 Å². The molecule has 0 saturated carbocycles.